The third kappa shape index (κ3) is 5.85. The second-order valence-electron chi connectivity index (χ2n) is 5.89. The van der Waals surface area contributed by atoms with Crippen molar-refractivity contribution in [2.45, 2.75) is 40.3 Å². The molecular formula is C17H29ClN2O. The number of hydrogen-bond donors (Lipinski definition) is 1. The van der Waals surface area contributed by atoms with Crippen LogP contribution < -0.4 is 10.2 Å². The number of methoxy groups -OCH3 is 1. The molecule has 0 fully saturated rings. The van der Waals surface area contributed by atoms with Gasteiger partial charge in [0, 0.05) is 37.0 Å². The minimum absolute atomic E-state index is 0.338. The summed E-state index contributed by atoms with van der Waals surface area (Å²) in [5.74, 6) is 0.641. The Morgan fingerprint density at radius 3 is 2.57 bits per heavy atom. The molecule has 0 aromatic heterocycles. The van der Waals surface area contributed by atoms with E-state index in [0.717, 1.165) is 31.3 Å². The molecule has 1 unspecified atom stereocenters. The van der Waals surface area contributed by atoms with Gasteiger partial charge < -0.3 is 15.0 Å². The summed E-state index contributed by atoms with van der Waals surface area (Å²) >= 11 is 6.18. The molecular weight excluding hydrogens is 284 g/mol. The zero-order chi connectivity index (χ0) is 15.8. The van der Waals surface area contributed by atoms with Crippen LogP contribution in [0, 0.1) is 5.92 Å². The molecule has 3 nitrogen and oxygen atoms in total. The van der Waals surface area contributed by atoms with Gasteiger partial charge in [0.1, 0.15) is 0 Å². The third-order valence-corrected chi connectivity index (χ3v) is 3.73. The van der Waals surface area contributed by atoms with E-state index in [1.54, 1.807) is 7.11 Å². The van der Waals surface area contributed by atoms with Crippen LogP contribution in [0.4, 0.5) is 5.69 Å². The van der Waals surface area contributed by atoms with E-state index in [2.05, 4.69) is 50.0 Å². The second kappa shape index (κ2) is 9.29. The van der Waals surface area contributed by atoms with Gasteiger partial charge in [-0.3, -0.25) is 0 Å². The van der Waals surface area contributed by atoms with Crippen molar-refractivity contribution in [2.75, 3.05) is 31.7 Å². The van der Waals surface area contributed by atoms with E-state index >= 15 is 0 Å². The first kappa shape index (κ1) is 18.3. The lowest BCUT2D eigenvalue weighted by molar-refractivity contribution is 0.182. The number of nitrogens with zero attached hydrogens (tertiary/aromatic N) is 1. The number of nitrogens with one attached hydrogen (secondary N) is 1. The number of halogens is 1. The average Bonchev–Trinajstić information content (AvgIpc) is 2.41. The number of benzene rings is 1. The zero-order valence-electron chi connectivity index (χ0n) is 13.9. The standard InChI is InChI=1S/C17H29ClN2O/c1-6-20(14(4)12-21-5)17-8-7-16(18)9-15(17)11-19-10-13(2)3/h7-9,13-14,19H,6,10-12H2,1-5H3. The first-order chi connectivity index (χ1) is 9.99. The Balaban J connectivity index is 2.92. The maximum absolute atomic E-state index is 6.18. The van der Waals surface area contributed by atoms with Crippen molar-refractivity contribution in [2.24, 2.45) is 5.92 Å². The topological polar surface area (TPSA) is 24.5 Å². The molecule has 1 rings (SSSR count). The van der Waals surface area contributed by atoms with Crippen molar-refractivity contribution >= 4 is 17.3 Å². The van der Waals surface area contributed by atoms with E-state index < -0.39 is 0 Å². The van der Waals surface area contributed by atoms with Crippen LogP contribution in [0.1, 0.15) is 33.3 Å². The molecule has 0 aliphatic rings. The molecule has 0 spiro atoms. The molecule has 0 amide bonds. The van der Waals surface area contributed by atoms with Crippen LogP contribution in [0.25, 0.3) is 0 Å². The van der Waals surface area contributed by atoms with Crippen molar-refractivity contribution in [1.29, 1.82) is 0 Å². The van der Waals surface area contributed by atoms with Gasteiger partial charge in [0.15, 0.2) is 0 Å². The molecule has 0 saturated carbocycles. The Morgan fingerprint density at radius 1 is 1.29 bits per heavy atom. The number of anilines is 1. The summed E-state index contributed by atoms with van der Waals surface area (Å²) in [4.78, 5) is 2.37. The van der Waals surface area contributed by atoms with Gasteiger partial charge in [-0.25, -0.2) is 0 Å². The minimum Gasteiger partial charge on any atom is -0.383 e. The Bertz CT molecular complexity index is 423. The summed E-state index contributed by atoms with van der Waals surface area (Å²) < 4.78 is 5.30. The van der Waals surface area contributed by atoms with Gasteiger partial charge in [0.2, 0.25) is 0 Å². The molecule has 0 radical (unpaired) electrons. The van der Waals surface area contributed by atoms with Gasteiger partial charge in [-0.1, -0.05) is 25.4 Å². The van der Waals surface area contributed by atoms with Gasteiger partial charge in [0.25, 0.3) is 0 Å². The molecule has 1 atom stereocenters. The van der Waals surface area contributed by atoms with Gasteiger partial charge in [-0.15, -0.1) is 0 Å². The van der Waals surface area contributed by atoms with Crippen LogP contribution in [-0.4, -0.2) is 32.8 Å². The van der Waals surface area contributed by atoms with Crippen molar-refractivity contribution in [3.05, 3.63) is 28.8 Å². The van der Waals surface area contributed by atoms with Crippen molar-refractivity contribution in [3.8, 4) is 0 Å². The predicted octanol–water partition coefficient (Wildman–Crippen LogP) is 3.95. The molecule has 1 aromatic rings. The van der Waals surface area contributed by atoms with E-state index in [4.69, 9.17) is 16.3 Å². The van der Waals surface area contributed by atoms with E-state index in [1.165, 1.54) is 11.3 Å². The van der Waals surface area contributed by atoms with Crippen molar-refractivity contribution in [3.63, 3.8) is 0 Å². The third-order valence-electron chi connectivity index (χ3n) is 3.50. The number of rotatable bonds is 9. The molecule has 120 valence electrons. The smallest absolute Gasteiger partial charge is 0.0663 e. The molecule has 0 heterocycles. The van der Waals surface area contributed by atoms with Crippen LogP contribution in [0.5, 0.6) is 0 Å². The predicted molar refractivity (Wildman–Crippen MR) is 92.4 cm³/mol. The fraction of sp³-hybridized carbons (Fsp3) is 0.647. The number of ether oxygens (including phenoxy) is 1. The monoisotopic (exact) mass is 312 g/mol. The largest absolute Gasteiger partial charge is 0.383 e. The summed E-state index contributed by atoms with van der Waals surface area (Å²) in [5.41, 5.74) is 2.48. The lowest BCUT2D eigenvalue weighted by atomic mass is 10.1. The van der Waals surface area contributed by atoms with Crippen molar-refractivity contribution < 1.29 is 4.74 Å². The first-order valence-corrected chi connectivity index (χ1v) is 8.12. The Kier molecular flexibility index (Phi) is 8.09. The number of likely N-dealkylation sites (N-methyl/N-ethyl adjacent to an activating group) is 1. The van der Waals surface area contributed by atoms with Crippen LogP contribution in [0.15, 0.2) is 18.2 Å². The quantitative estimate of drug-likeness (QED) is 0.747. The lowest BCUT2D eigenvalue weighted by Crippen LogP contribution is -2.37. The Morgan fingerprint density at radius 2 is 2.00 bits per heavy atom. The maximum atomic E-state index is 6.18. The SMILES string of the molecule is CCN(c1ccc(Cl)cc1CNCC(C)C)C(C)COC. The highest BCUT2D eigenvalue weighted by molar-refractivity contribution is 6.30. The maximum Gasteiger partial charge on any atom is 0.0663 e. The normalized spacial score (nSPS) is 12.7. The van der Waals surface area contributed by atoms with Crippen LogP contribution in [0.3, 0.4) is 0 Å². The summed E-state index contributed by atoms with van der Waals surface area (Å²) in [6.45, 7) is 12.3. The van der Waals surface area contributed by atoms with Gasteiger partial charge in [-0.2, -0.15) is 0 Å². The molecule has 4 heteroatoms. The van der Waals surface area contributed by atoms with E-state index in [-0.39, 0.29) is 0 Å². The van der Waals surface area contributed by atoms with E-state index in [1.807, 2.05) is 6.07 Å². The minimum atomic E-state index is 0.338. The van der Waals surface area contributed by atoms with Gasteiger partial charge in [0.05, 0.1) is 6.61 Å². The Labute approximate surface area is 134 Å². The number of hydrogen-bond acceptors (Lipinski definition) is 3. The molecule has 0 bridgehead atoms. The van der Waals surface area contributed by atoms with Gasteiger partial charge >= 0.3 is 0 Å². The van der Waals surface area contributed by atoms with E-state index in [9.17, 15) is 0 Å². The van der Waals surface area contributed by atoms with Crippen LogP contribution in [0.2, 0.25) is 5.02 Å². The summed E-state index contributed by atoms with van der Waals surface area (Å²) in [6.07, 6.45) is 0. The fourth-order valence-corrected chi connectivity index (χ4v) is 2.72. The van der Waals surface area contributed by atoms with E-state index in [0.29, 0.717) is 12.0 Å². The highest BCUT2D eigenvalue weighted by atomic mass is 35.5. The molecule has 21 heavy (non-hydrogen) atoms. The van der Waals surface area contributed by atoms with Crippen molar-refractivity contribution in [1.82, 2.24) is 5.32 Å². The summed E-state index contributed by atoms with van der Waals surface area (Å²) in [5, 5.41) is 4.29. The summed E-state index contributed by atoms with van der Waals surface area (Å²) in [7, 11) is 1.75. The summed E-state index contributed by atoms with van der Waals surface area (Å²) in [6, 6.07) is 6.48. The highest BCUT2D eigenvalue weighted by Gasteiger charge is 2.16. The molecule has 1 N–H and O–H groups in total. The van der Waals surface area contributed by atoms with Crippen LogP contribution in [-0.2, 0) is 11.3 Å². The molecule has 1 aromatic carbocycles. The molecule has 0 saturated heterocycles. The van der Waals surface area contributed by atoms with Crippen LogP contribution >= 0.6 is 11.6 Å². The molecule has 0 aliphatic heterocycles. The first-order valence-electron chi connectivity index (χ1n) is 7.74. The average molecular weight is 313 g/mol. The second-order valence-corrected chi connectivity index (χ2v) is 6.32. The Hall–Kier alpha value is -0.770. The molecule has 0 aliphatic carbocycles. The zero-order valence-corrected chi connectivity index (χ0v) is 14.7. The van der Waals surface area contributed by atoms with Gasteiger partial charge in [-0.05, 0) is 50.1 Å². The fourth-order valence-electron chi connectivity index (χ4n) is 2.52. The highest BCUT2D eigenvalue weighted by Crippen LogP contribution is 2.26. The lowest BCUT2D eigenvalue weighted by Gasteiger charge is -2.32.